The van der Waals surface area contributed by atoms with Gasteiger partial charge in [0.15, 0.2) is 5.78 Å². The second kappa shape index (κ2) is 28.3. The smallest absolute Gasteiger partial charge is 0.410 e. The minimum Gasteiger partial charge on any atom is -0.460 e. The summed E-state index contributed by atoms with van der Waals surface area (Å²) in [6, 6.07) is -1.18. The molecule has 17 nitrogen and oxygen atoms in total. The Morgan fingerprint density at radius 3 is 2.20 bits per heavy atom. The van der Waals surface area contributed by atoms with E-state index in [1.54, 1.807) is 46.0 Å². The molecule has 416 valence electrons. The van der Waals surface area contributed by atoms with Gasteiger partial charge in [0.1, 0.15) is 36.2 Å². The van der Waals surface area contributed by atoms with Crippen molar-refractivity contribution in [1.29, 1.82) is 0 Å². The van der Waals surface area contributed by atoms with Gasteiger partial charge >= 0.3 is 12.1 Å². The molecular weight excluding hydrogens is 953 g/mol. The molecule has 5 rings (SSSR count). The number of nitrogens with zero attached hydrogens (tertiary/aromatic N) is 2. The van der Waals surface area contributed by atoms with Gasteiger partial charge < -0.3 is 53.5 Å². The number of amides is 2. The van der Waals surface area contributed by atoms with Crippen molar-refractivity contribution in [2.75, 3.05) is 41.0 Å². The van der Waals surface area contributed by atoms with Crippen molar-refractivity contribution in [3.05, 3.63) is 47.6 Å². The molecule has 4 heterocycles. The molecule has 0 aromatic carbocycles. The van der Waals surface area contributed by atoms with Gasteiger partial charge in [0.05, 0.1) is 24.4 Å². The number of hydrogen-bond donors (Lipinski definition) is 3. The first-order chi connectivity index (χ1) is 35.1. The van der Waals surface area contributed by atoms with Crippen molar-refractivity contribution in [2.45, 2.75) is 199 Å². The van der Waals surface area contributed by atoms with Crippen LogP contribution >= 0.6 is 0 Å². The van der Waals surface area contributed by atoms with Crippen LogP contribution < -0.4 is 0 Å². The number of fused-ring (bicyclic) bond motifs is 3. The van der Waals surface area contributed by atoms with Crippen LogP contribution in [0.2, 0.25) is 0 Å². The molecule has 2 amide bonds. The molecule has 17 heteroatoms. The van der Waals surface area contributed by atoms with Gasteiger partial charge in [-0.05, 0) is 120 Å². The highest BCUT2D eigenvalue weighted by Crippen LogP contribution is 2.38. The Morgan fingerprint density at radius 2 is 1.53 bits per heavy atom. The monoisotopic (exact) mass is 1040 g/mol. The summed E-state index contributed by atoms with van der Waals surface area (Å²) in [5, 5.41) is 33.5. The highest BCUT2D eigenvalue weighted by atomic mass is 16.6. The number of rotatable bonds is 7. The zero-order chi connectivity index (χ0) is 54.4. The molecule has 4 aliphatic heterocycles. The average molecular weight is 1040 g/mol. The maximum absolute atomic E-state index is 14.6. The molecular formula is C57H88N2O15. The number of methoxy groups -OCH3 is 3. The van der Waals surface area contributed by atoms with Crippen LogP contribution in [0.3, 0.4) is 0 Å². The minimum absolute atomic E-state index is 0.00226. The quantitative estimate of drug-likeness (QED) is 0.136. The summed E-state index contributed by atoms with van der Waals surface area (Å²) in [5.74, 6) is -8.34. The number of hydrogen-bond acceptors (Lipinski definition) is 15. The highest BCUT2D eigenvalue weighted by molar-refractivity contribution is 6.39. The van der Waals surface area contributed by atoms with Crippen LogP contribution in [0.15, 0.2) is 47.6 Å². The van der Waals surface area contributed by atoms with Crippen molar-refractivity contribution in [3.63, 3.8) is 0 Å². The molecule has 3 N–H and O–H groups in total. The molecule has 0 unspecified atom stereocenters. The second-order valence-electron chi connectivity index (χ2n) is 22.2. The molecule has 0 aromatic heterocycles. The molecule has 1 aliphatic carbocycles. The second-order valence-corrected chi connectivity index (χ2v) is 22.2. The third-order valence-corrected chi connectivity index (χ3v) is 16.4. The molecule has 0 aromatic rings. The van der Waals surface area contributed by atoms with Crippen LogP contribution in [-0.2, 0) is 52.4 Å². The van der Waals surface area contributed by atoms with Crippen LogP contribution in [-0.4, -0.2) is 162 Å². The standard InChI is InChI=1S/C57H88N2O15/c1-34-16-12-11-13-17-35(2)47(69-8)32-43-21-19-40(7)57(68,74-43)53(64)54(65)59-25-15-14-18-44(59)55(66)72-48(33-45(61)36(3)29-39(6)51(63)52(71-10)50(62)38(5)28-34)37(4)30-41-20-22-46(49(31-41)70-9)73-56(67)58-26-23-42(60)24-27-58/h11-13,16-17,29,34,36-38,40-44,46-49,51-52,60,63,68H,14-15,18-28,30-33H2,1-10H3/b13-11+,16-12+,35-17+,39-29+/t34-,36-,37-,38-,40-,41+,43+,44+,46-,47+,48+,49-,51-,52+,57-/m1/s1. The Morgan fingerprint density at radius 1 is 0.811 bits per heavy atom. The van der Waals surface area contributed by atoms with E-state index in [9.17, 15) is 44.1 Å². The van der Waals surface area contributed by atoms with E-state index in [1.165, 1.54) is 12.0 Å². The Kier molecular flexibility index (Phi) is 23.3. The van der Waals surface area contributed by atoms with Gasteiger partial charge in [0, 0.05) is 71.6 Å². The topological polar surface area (TPSA) is 225 Å². The lowest BCUT2D eigenvalue weighted by atomic mass is 9.78. The van der Waals surface area contributed by atoms with Gasteiger partial charge in [-0.1, -0.05) is 71.1 Å². The van der Waals surface area contributed by atoms with Crippen LogP contribution in [0.5, 0.6) is 0 Å². The van der Waals surface area contributed by atoms with Gasteiger partial charge in [-0.25, -0.2) is 9.59 Å². The van der Waals surface area contributed by atoms with E-state index < -0.39 is 108 Å². The van der Waals surface area contributed by atoms with Crippen LogP contribution in [0.1, 0.15) is 138 Å². The van der Waals surface area contributed by atoms with Crippen LogP contribution in [0.25, 0.3) is 0 Å². The maximum atomic E-state index is 14.6. The van der Waals surface area contributed by atoms with Gasteiger partial charge in [-0.2, -0.15) is 0 Å². The van der Waals surface area contributed by atoms with Crippen molar-refractivity contribution < 1.29 is 72.5 Å². The number of carbonyl (C=O) groups excluding carboxylic acids is 6. The number of ether oxygens (including phenoxy) is 6. The lowest BCUT2D eigenvalue weighted by molar-refractivity contribution is -0.265. The number of carbonyl (C=O) groups is 6. The Labute approximate surface area is 439 Å². The third-order valence-electron chi connectivity index (χ3n) is 16.4. The number of cyclic esters (lactones) is 1. The summed E-state index contributed by atoms with van der Waals surface area (Å²) in [7, 11) is 4.52. The molecule has 15 atom stereocenters. The van der Waals surface area contributed by atoms with Gasteiger partial charge in [0.2, 0.25) is 5.79 Å². The number of Topliss-reactive ketones (excluding diaryl/α,β-unsaturated/α-hetero) is 3. The summed E-state index contributed by atoms with van der Waals surface area (Å²) in [6.07, 6.45) is 10.8. The molecule has 0 spiro atoms. The fourth-order valence-corrected chi connectivity index (χ4v) is 11.5. The zero-order valence-electron chi connectivity index (χ0n) is 45.8. The van der Waals surface area contributed by atoms with E-state index in [4.69, 9.17) is 28.4 Å². The molecule has 74 heavy (non-hydrogen) atoms. The maximum Gasteiger partial charge on any atom is 0.410 e. The number of piperidine rings is 2. The molecule has 3 saturated heterocycles. The Bertz CT molecular complexity index is 2040. The number of aliphatic hydroxyl groups is 3. The molecule has 0 radical (unpaired) electrons. The molecule has 5 aliphatic rings. The van der Waals surface area contributed by atoms with Crippen molar-refractivity contribution in [1.82, 2.24) is 9.80 Å². The SMILES string of the molecule is CO[C@H]1C[C@@H]2CC[C@@H](C)[C@@](O)(O2)C(=O)C(=O)N2CCCC[C@H]2C(=O)O[C@H]([C@H](C)C[C@@H]2CC[C@@H](OC(=O)N3CCC(O)CC3)[C@H](OC)C2)CC(=O)[C@H](C)/C=C(\C)[C@@H](O)[C@@H](OC)C(=O)[C@H](C)C[C@H](C)/C=C/C=C/C=C/1C. The van der Waals surface area contributed by atoms with Crippen LogP contribution in [0, 0.1) is 35.5 Å². The highest BCUT2D eigenvalue weighted by Gasteiger charge is 2.53. The Balaban J connectivity index is 1.43. The lowest BCUT2D eigenvalue weighted by Gasteiger charge is -2.42. The predicted octanol–water partition coefficient (Wildman–Crippen LogP) is 6.78. The van der Waals surface area contributed by atoms with E-state index in [0.29, 0.717) is 95.7 Å². The molecule has 1 saturated carbocycles. The first-order valence-electron chi connectivity index (χ1n) is 27.2. The van der Waals surface area contributed by atoms with E-state index in [0.717, 1.165) is 5.57 Å². The van der Waals surface area contributed by atoms with Crippen molar-refractivity contribution in [3.8, 4) is 0 Å². The van der Waals surface area contributed by atoms with Gasteiger partial charge in [-0.3, -0.25) is 19.2 Å². The van der Waals surface area contributed by atoms with E-state index in [1.807, 2.05) is 58.1 Å². The predicted molar refractivity (Wildman–Crippen MR) is 276 cm³/mol. The average Bonchev–Trinajstić information content (AvgIpc) is 3.38. The zero-order valence-corrected chi connectivity index (χ0v) is 45.8. The van der Waals surface area contributed by atoms with E-state index >= 15 is 0 Å². The summed E-state index contributed by atoms with van der Waals surface area (Å²) < 4.78 is 35.8. The number of allylic oxidation sites excluding steroid dienone is 6. The van der Waals surface area contributed by atoms with E-state index in [2.05, 4.69) is 0 Å². The van der Waals surface area contributed by atoms with Gasteiger partial charge in [-0.15, -0.1) is 0 Å². The number of ketones is 3. The summed E-state index contributed by atoms with van der Waals surface area (Å²) in [5.41, 5.74) is 1.24. The van der Waals surface area contributed by atoms with Crippen LogP contribution in [0.4, 0.5) is 4.79 Å². The first kappa shape index (κ1) is 60.8. The number of esters is 1. The fourth-order valence-electron chi connectivity index (χ4n) is 11.5. The van der Waals surface area contributed by atoms with Crippen molar-refractivity contribution >= 4 is 35.3 Å². The minimum atomic E-state index is -2.45. The summed E-state index contributed by atoms with van der Waals surface area (Å²) >= 11 is 0. The number of aliphatic hydroxyl groups excluding tert-OH is 2. The third kappa shape index (κ3) is 16.0. The normalized spacial score (nSPS) is 38.4. The van der Waals surface area contributed by atoms with Crippen molar-refractivity contribution in [2.24, 2.45) is 35.5 Å². The molecule has 4 fully saturated rings. The molecule has 2 bridgehead atoms. The summed E-state index contributed by atoms with van der Waals surface area (Å²) in [4.78, 5) is 87.3. The van der Waals surface area contributed by atoms with Gasteiger partial charge in [0.25, 0.3) is 11.7 Å². The van der Waals surface area contributed by atoms with E-state index in [-0.39, 0.29) is 42.8 Å². The fraction of sp³-hybridized carbons (Fsp3) is 0.754. The lowest BCUT2D eigenvalue weighted by Crippen LogP contribution is -2.61. The number of likely N-dealkylation sites (tertiary alicyclic amines) is 1. The Hall–Kier alpha value is -4.10. The summed E-state index contributed by atoms with van der Waals surface area (Å²) in [6.45, 7) is 13.5. The first-order valence-corrected chi connectivity index (χ1v) is 27.2. The largest absolute Gasteiger partial charge is 0.460 e.